The van der Waals surface area contributed by atoms with E-state index in [1.807, 2.05) is 35.0 Å². The average molecular weight is 387 g/mol. The number of hydrogen-bond donors (Lipinski definition) is 1. The first kappa shape index (κ1) is 19.7. The molecule has 5 nitrogen and oxygen atoms in total. The molecule has 6 heteroatoms. The number of ether oxygens (including phenoxy) is 1. The lowest BCUT2D eigenvalue weighted by Crippen LogP contribution is -2.28. The Morgan fingerprint density at radius 2 is 1.96 bits per heavy atom. The van der Waals surface area contributed by atoms with Crippen molar-refractivity contribution in [3.05, 3.63) is 65.6 Å². The topological polar surface area (TPSA) is 55.8 Å². The van der Waals surface area contributed by atoms with Crippen molar-refractivity contribution in [3.63, 3.8) is 0 Å². The summed E-state index contributed by atoms with van der Waals surface area (Å²) in [6.45, 7) is 7.77. The third-order valence-corrected chi connectivity index (χ3v) is 5.19. The van der Waals surface area contributed by atoms with Crippen molar-refractivity contribution in [3.8, 4) is 5.75 Å². The number of pyridine rings is 1. The minimum absolute atomic E-state index is 0. The van der Waals surface area contributed by atoms with Crippen LogP contribution >= 0.6 is 12.4 Å². The molecule has 0 aliphatic carbocycles. The molecular formula is C21H27ClN4O. The molecule has 0 saturated carbocycles. The van der Waals surface area contributed by atoms with Gasteiger partial charge >= 0.3 is 0 Å². The van der Waals surface area contributed by atoms with Gasteiger partial charge in [-0.15, -0.1) is 12.4 Å². The molecule has 144 valence electrons. The number of aromatic nitrogens is 2. The second-order valence-electron chi connectivity index (χ2n) is 7.42. The molecule has 1 fully saturated rings. The summed E-state index contributed by atoms with van der Waals surface area (Å²) in [6, 6.07) is 12.7. The van der Waals surface area contributed by atoms with E-state index in [2.05, 4.69) is 41.9 Å². The molecule has 1 aliphatic heterocycles. The third kappa shape index (κ3) is 4.43. The van der Waals surface area contributed by atoms with Gasteiger partial charge in [0.1, 0.15) is 18.0 Å². The predicted octanol–water partition coefficient (Wildman–Crippen LogP) is 3.42. The van der Waals surface area contributed by atoms with Gasteiger partial charge in [0.15, 0.2) is 0 Å². The Hall–Kier alpha value is -2.08. The maximum Gasteiger partial charge on any atom is 0.140 e. The number of hydrogen-bond acceptors (Lipinski definition) is 4. The number of aryl methyl sites for hydroxylation is 1. The summed E-state index contributed by atoms with van der Waals surface area (Å²) in [6.07, 6.45) is 4.03. The standard InChI is InChI=1S/C21H26N4O.ClH/c1-15-4-3-9-25-12-18(23-21(15)25)14-26-19-7-5-17(6-8-19)11-24-10-16(2)20(22)13-24;/h3-9,12,16,20H,10-11,13-14,22H2,1-2H3;1H. The van der Waals surface area contributed by atoms with Crippen molar-refractivity contribution in [1.82, 2.24) is 14.3 Å². The van der Waals surface area contributed by atoms with Crippen LogP contribution in [0, 0.1) is 12.8 Å². The van der Waals surface area contributed by atoms with E-state index < -0.39 is 0 Å². The number of halogens is 1. The molecule has 2 N–H and O–H groups in total. The Bertz CT molecular complexity index is 883. The quantitative estimate of drug-likeness (QED) is 0.730. The van der Waals surface area contributed by atoms with Gasteiger partial charge in [0.05, 0.1) is 5.69 Å². The molecular weight excluding hydrogens is 360 g/mol. The first-order chi connectivity index (χ1) is 12.6. The van der Waals surface area contributed by atoms with Crippen molar-refractivity contribution in [2.24, 2.45) is 11.7 Å². The lowest BCUT2D eigenvalue weighted by atomic mass is 10.1. The second-order valence-corrected chi connectivity index (χ2v) is 7.42. The molecule has 2 unspecified atom stereocenters. The lowest BCUT2D eigenvalue weighted by molar-refractivity contribution is 0.300. The number of imidazole rings is 1. The van der Waals surface area contributed by atoms with Gasteiger partial charge in [0.2, 0.25) is 0 Å². The fourth-order valence-corrected chi connectivity index (χ4v) is 3.60. The highest BCUT2D eigenvalue weighted by Crippen LogP contribution is 2.20. The highest BCUT2D eigenvalue weighted by atomic mass is 35.5. The van der Waals surface area contributed by atoms with Crippen LogP contribution in [0.3, 0.4) is 0 Å². The fraction of sp³-hybridized carbons (Fsp3) is 0.381. The van der Waals surface area contributed by atoms with Gasteiger partial charge in [-0.05, 0) is 42.2 Å². The Morgan fingerprint density at radius 3 is 2.63 bits per heavy atom. The molecule has 1 saturated heterocycles. The minimum Gasteiger partial charge on any atom is -0.487 e. The van der Waals surface area contributed by atoms with E-state index in [0.29, 0.717) is 18.6 Å². The van der Waals surface area contributed by atoms with Crippen molar-refractivity contribution < 1.29 is 4.74 Å². The minimum atomic E-state index is 0. The van der Waals surface area contributed by atoms with E-state index in [1.54, 1.807) is 0 Å². The summed E-state index contributed by atoms with van der Waals surface area (Å²) >= 11 is 0. The summed E-state index contributed by atoms with van der Waals surface area (Å²) in [4.78, 5) is 7.07. The first-order valence-corrected chi connectivity index (χ1v) is 9.21. The molecule has 0 spiro atoms. The maximum atomic E-state index is 6.11. The van der Waals surface area contributed by atoms with Gasteiger partial charge in [-0.3, -0.25) is 4.90 Å². The molecule has 2 aromatic heterocycles. The Balaban J connectivity index is 0.00000210. The third-order valence-electron chi connectivity index (χ3n) is 5.19. The van der Waals surface area contributed by atoms with E-state index in [9.17, 15) is 0 Å². The van der Waals surface area contributed by atoms with Gasteiger partial charge in [-0.1, -0.05) is 25.1 Å². The van der Waals surface area contributed by atoms with Gasteiger partial charge in [-0.2, -0.15) is 0 Å². The van der Waals surface area contributed by atoms with Gasteiger partial charge in [0.25, 0.3) is 0 Å². The van der Waals surface area contributed by atoms with Crippen molar-refractivity contribution in [2.45, 2.75) is 33.0 Å². The van der Waals surface area contributed by atoms with E-state index in [4.69, 9.17) is 10.5 Å². The zero-order valence-corrected chi connectivity index (χ0v) is 16.7. The van der Waals surface area contributed by atoms with Crippen molar-refractivity contribution in [2.75, 3.05) is 13.1 Å². The lowest BCUT2D eigenvalue weighted by Gasteiger charge is -2.15. The number of likely N-dealkylation sites (tertiary alicyclic amines) is 1. The predicted molar refractivity (Wildman–Crippen MR) is 110 cm³/mol. The van der Waals surface area contributed by atoms with Crippen LogP contribution in [0.1, 0.15) is 23.7 Å². The molecule has 3 heterocycles. The molecule has 0 amide bonds. The largest absolute Gasteiger partial charge is 0.487 e. The molecule has 27 heavy (non-hydrogen) atoms. The van der Waals surface area contributed by atoms with Crippen molar-refractivity contribution >= 4 is 18.1 Å². The molecule has 3 aromatic rings. The van der Waals surface area contributed by atoms with Crippen LogP contribution in [0.4, 0.5) is 0 Å². The zero-order chi connectivity index (χ0) is 18.1. The number of rotatable bonds is 5. The second kappa shape index (κ2) is 8.30. The SMILES string of the molecule is Cc1cccn2cc(COc3ccc(CN4CC(C)C(N)C4)cc3)nc12.Cl. The van der Waals surface area contributed by atoms with Crippen LogP contribution in [-0.2, 0) is 13.2 Å². The molecule has 2 atom stereocenters. The van der Waals surface area contributed by atoms with Crippen LogP contribution in [-0.4, -0.2) is 33.4 Å². The molecule has 0 radical (unpaired) electrons. The van der Waals surface area contributed by atoms with Crippen LogP contribution in [0.25, 0.3) is 5.65 Å². The molecule has 4 rings (SSSR count). The molecule has 0 bridgehead atoms. The number of nitrogens with two attached hydrogens (primary N) is 1. The Morgan fingerprint density at radius 1 is 1.19 bits per heavy atom. The Labute approximate surface area is 166 Å². The summed E-state index contributed by atoms with van der Waals surface area (Å²) in [5.74, 6) is 1.45. The summed E-state index contributed by atoms with van der Waals surface area (Å²) in [5.41, 5.74) is 10.5. The molecule has 1 aromatic carbocycles. The van der Waals surface area contributed by atoms with Gasteiger partial charge < -0.3 is 14.9 Å². The van der Waals surface area contributed by atoms with Gasteiger partial charge in [0, 0.05) is 38.1 Å². The number of nitrogens with zero attached hydrogens (tertiary/aromatic N) is 3. The highest BCUT2D eigenvalue weighted by molar-refractivity contribution is 5.85. The summed E-state index contributed by atoms with van der Waals surface area (Å²) < 4.78 is 7.95. The van der Waals surface area contributed by atoms with E-state index in [0.717, 1.165) is 36.7 Å². The monoisotopic (exact) mass is 386 g/mol. The van der Waals surface area contributed by atoms with Crippen LogP contribution in [0.5, 0.6) is 5.75 Å². The average Bonchev–Trinajstić information content (AvgIpc) is 3.18. The molecule has 1 aliphatic rings. The van der Waals surface area contributed by atoms with E-state index >= 15 is 0 Å². The maximum absolute atomic E-state index is 6.11. The number of benzene rings is 1. The van der Waals surface area contributed by atoms with E-state index in [1.165, 1.54) is 11.1 Å². The first-order valence-electron chi connectivity index (χ1n) is 9.21. The normalized spacial score (nSPS) is 20.0. The fourth-order valence-electron chi connectivity index (χ4n) is 3.60. The number of fused-ring (bicyclic) bond motifs is 1. The summed E-state index contributed by atoms with van der Waals surface area (Å²) in [5, 5.41) is 0. The van der Waals surface area contributed by atoms with E-state index in [-0.39, 0.29) is 12.4 Å². The van der Waals surface area contributed by atoms with Crippen molar-refractivity contribution in [1.29, 1.82) is 0 Å². The highest BCUT2D eigenvalue weighted by Gasteiger charge is 2.26. The van der Waals surface area contributed by atoms with Crippen LogP contribution < -0.4 is 10.5 Å². The smallest absolute Gasteiger partial charge is 0.140 e. The van der Waals surface area contributed by atoms with Crippen LogP contribution in [0.15, 0.2) is 48.8 Å². The Kier molecular flexibility index (Phi) is 6.05. The van der Waals surface area contributed by atoms with Gasteiger partial charge in [-0.25, -0.2) is 4.98 Å². The zero-order valence-electron chi connectivity index (χ0n) is 15.8. The van der Waals surface area contributed by atoms with Crippen LogP contribution in [0.2, 0.25) is 0 Å². The summed E-state index contributed by atoms with van der Waals surface area (Å²) in [7, 11) is 0.